The number of nitrogens with zero attached hydrogens (tertiary/aromatic N) is 1. The Morgan fingerprint density at radius 3 is 2.50 bits per heavy atom. The predicted octanol–water partition coefficient (Wildman–Crippen LogP) is 3.27. The molecule has 4 nitrogen and oxygen atoms in total. The normalized spacial score (nSPS) is 11.3. The molecule has 0 atom stereocenters. The molecule has 0 radical (unpaired) electrons. The zero-order valence-corrected chi connectivity index (χ0v) is 12.1. The zero-order chi connectivity index (χ0) is 15.9. The van der Waals surface area contributed by atoms with Crippen molar-refractivity contribution in [2.24, 2.45) is 0 Å². The number of esters is 1. The number of aliphatic hydroxyl groups excluding tert-OH is 1. The summed E-state index contributed by atoms with van der Waals surface area (Å²) in [7, 11) is 0. The number of aromatic nitrogens is 1. The molecular formula is C17H16FNO3. The first-order valence-corrected chi connectivity index (χ1v) is 6.85. The summed E-state index contributed by atoms with van der Waals surface area (Å²) in [6.45, 7) is 1.86. The van der Waals surface area contributed by atoms with Gasteiger partial charge in [-0.25, -0.2) is 9.18 Å². The van der Waals surface area contributed by atoms with Crippen LogP contribution in [0.25, 0.3) is 6.08 Å². The van der Waals surface area contributed by atoms with Crippen molar-refractivity contribution in [2.75, 3.05) is 6.61 Å². The second-order valence-corrected chi connectivity index (χ2v) is 4.64. The summed E-state index contributed by atoms with van der Waals surface area (Å²) >= 11 is 0. The van der Waals surface area contributed by atoms with Crippen LogP contribution in [0.2, 0.25) is 0 Å². The molecule has 0 bridgehead atoms. The maximum Gasteiger partial charge on any atom is 0.373 e. The van der Waals surface area contributed by atoms with E-state index in [0.717, 1.165) is 11.1 Å². The molecule has 22 heavy (non-hydrogen) atoms. The Bertz CT molecular complexity index is 663. The predicted molar refractivity (Wildman–Crippen MR) is 80.7 cm³/mol. The minimum atomic E-state index is -0.778. The first-order chi connectivity index (χ1) is 10.6. The summed E-state index contributed by atoms with van der Waals surface area (Å²) in [6, 6.07) is 9.79. The van der Waals surface area contributed by atoms with E-state index in [1.54, 1.807) is 31.3 Å². The second-order valence-electron chi connectivity index (χ2n) is 4.64. The molecule has 0 saturated heterocycles. The van der Waals surface area contributed by atoms with E-state index in [1.165, 1.54) is 18.2 Å². The van der Waals surface area contributed by atoms with Crippen molar-refractivity contribution in [3.05, 3.63) is 71.0 Å². The fourth-order valence-electron chi connectivity index (χ4n) is 1.87. The van der Waals surface area contributed by atoms with Gasteiger partial charge >= 0.3 is 5.97 Å². The third kappa shape index (κ3) is 4.41. The van der Waals surface area contributed by atoms with Crippen LogP contribution in [0.15, 0.2) is 48.4 Å². The van der Waals surface area contributed by atoms with Gasteiger partial charge in [0.05, 0.1) is 12.3 Å². The highest BCUT2D eigenvalue weighted by atomic mass is 19.1. The average molecular weight is 301 g/mol. The van der Waals surface area contributed by atoms with Crippen LogP contribution >= 0.6 is 0 Å². The lowest BCUT2D eigenvalue weighted by Gasteiger charge is -2.03. The number of aliphatic hydroxyl groups is 1. The third-order valence-corrected chi connectivity index (χ3v) is 2.94. The van der Waals surface area contributed by atoms with Gasteiger partial charge in [-0.2, -0.15) is 0 Å². The number of hydrogen-bond acceptors (Lipinski definition) is 4. The molecule has 0 amide bonds. The van der Waals surface area contributed by atoms with Crippen molar-refractivity contribution < 1.29 is 19.0 Å². The molecular weight excluding hydrogens is 285 g/mol. The van der Waals surface area contributed by atoms with E-state index in [-0.39, 0.29) is 12.4 Å². The van der Waals surface area contributed by atoms with Gasteiger partial charge in [0.2, 0.25) is 5.76 Å². The van der Waals surface area contributed by atoms with Crippen LogP contribution in [0.3, 0.4) is 0 Å². The Kier molecular flexibility index (Phi) is 5.25. The van der Waals surface area contributed by atoms with Crippen molar-refractivity contribution in [1.29, 1.82) is 0 Å². The van der Waals surface area contributed by atoms with Crippen LogP contribution in [0, 0.1) is 5.82 Å². The smallest absolute Gasteiger partial charge is 0.373 e. The van der Waals surface area contributed by atoms with Gasteiger partial charge in [0.1, 0.15) is 5.82 Å². The quantitative estimate of drug-likeness (QED) is 0.523. The molecule has 1 aromatic carbocycles. The van der Waals surface area contributed by atoms with E-state index in [9.17, 15) is 14.3 Å². The minimum absolute atomic E-state index is 0.195. The number of carbonyl (C=O) groups is 1. The monoisotopic (exact) mass is 301 g/mol. The Balaban J connectivity index is 2.05. The fourth-order valence-corrected chi connectivity index (χ4v) is 1.87. The number of carbonyl (C=O) groups excluding carboxylic acids is 1. The molecule has 0 saturated carbocycles. The van der Waals surface area contributed by atoms with Crippen LogP contribution in [-0.2, 0) is 16.0 Å². The first kappa shape index (κ1) is 15.7. The number of pyridine rings is 1. The van der Waals surface area contributed by atoms with Crippen LogP contribution in [0.5, 0.6) is 0 Å². The molecule has 114 valence electrons. The molecule has 0 aliphatic carbocycles. The van der Waals surface area contributed by atoms with Crippen LogP contribution < -0.4 is 0 Å². The maximum absolute atomic E-state index is 12.8. The Morgan fingerprint density at radius 2 is 1.91 bits per heavy atom. The summed E-state index contributed by atoms with van der Waals surface area (Å²) in [4.78, 5) is 15.4. The number of halogens is 1. The van der Waals surface area contributed by atoms with Crippen LogP contribution in [0.1, 0.15) is 23.7 Å². The number of benzene rings is 1. The molecule has 1 aromatic heterocycles. The highest BCUT2D eigenvalue weighted by Crippen LogP contribution is 2.11. The summed E-state index contributed by atoms with van der Waals surface area (Å²) in [5.41, 5.74) is 2.37. The van der Waals surface area contributed by atoms with Crippen LogP contribution in [-0.4, -0.2) is 22.7 Å². The van der Waals surface area contributed by atoms with Gasteiger partial charge < -0.3 is 9.84 Å². The Morgan fingerprint density at radius 1 is 1.23 bits per heavy atom. The van der Waals surface area contributed by atoms with Gasteiger partial charge in [-0.15, -0.1) is 0 Å². The molecule has 0 aliphatic heterocycles. The summed E-state index contributed by atoms with van der Waals surface area (Å²) in [5, 5.41) is 9.54. The maximum atomic E-state index is 12.8. The summed E-state index contributed by atoms with van der Waals surface area (Å²) < 4.78 is 17.5. The van der Waals surface area contributed by atoms with Gasteiger partial charge in [-0.3, -0.25) is 4.98 Å². The largest absolute Gasteiger partial charge is 0.502 e. The second kappa shape index (κ2) is 7.36. The Labute approximate surface area is 127 Å². The minimum Gasteiger partial charge on any atom is -0.502 e. The van der Waals surface area contributed by atoms with E-state index >= 15 is 0 Å². The first-order valence-electron chi connectivity index (χ1n) is 6.85. The highest BCUT2D eigenvalue weighted by Gasteiger charge is 2.08. The van der Waals surface area contributed by atoms with Crippen molar-refractivity contribution in [2.45, 2.75) is 13.3 Å². The number of ether oxygens (including phenoxy) is 1. The fraction of sp³-hybridized carbons (Fsp3) is 0.176. The van der Waals surface area contributed by atoms with Gasteiger partial charge in [0, 0.05) is 12.3 Å². The highest BCUT2D eigenvalue weighted by molar-refractivity contribution is 5.90. The molecule has 0 aliphatic rings. The van der Waals surface area contributed by atoms with Gasteiger partial charge in [-0.05, 0) is 42.7 Å². The lowest BCUT2D eigenvalue weighted by molar-refractivity contribution is -0.141. The van der Waals surface area contributed by atoms with E-state index in [4.69, 9.17) is 0 Å². The molecule has 5 heteroatoms. The molecule has 0 spiro atoms. The number of rotatable bonds is 5. The van der Waals surface area contributed by atoms with E-state index in [1.807, 2.05) is 6.07 Å². The van der Waals surface area contributed by atoms with E-state index < -0.39 is 11.7 Å². The molecule has 0 unspecified atom stereocenters. The molecule has 0 fully saturated rings. The number of hydrogen-bond donors (Lipinski definition) is 1. The van der Waals surface area contributed by atoms with Gasteiger partial charge in [0.15, 0.2) is 0 Å². The lowest BCUT2D eigenvalue weighted by Crippen LogP contribution is -2.06. The average Bonchev–Trinajstić information content (AvgIpc) is 2.51. The molecule has 1 heterocycles. The van der Waals surface area contributed by atoms with Crippen molar-refractivity contribution in [1.82, 2.24) is 4.98 Å². The van der Waals surface area contributed by atoms with E-state index in [0.29, 0.717) is 12.1 Å². The molecule has 2 rings (SSSR count). The van der Waals surface area contributed by atoms with Gasteiger partial charge in [-0.1, -0.05) is 18.2 Å². The third-order valence-electron chi connectivity index (χ3n) is 2.94. The van der Waals surface area contributed by atoms with Gasteiger partial charge in [0.25, 0.3) is 0 Å². The van der Waals surface area contributed by atoms with Crippen molar-refractivity contribution in [3.8, 4) is 0 Å². The summed E-state index contributed by atoms with van der Waals surface area (Å²) in [6.07, 6.45) is 3.52. The SMILES string of the molecule is CCOC(=O)C(O)=Cc1ccc(Cc2ccc(F)cc2)cn1. The standard InChI is InChI=1S/C17H16FNO3/c1-2-22-17(21)16(20)10-15-8-5-13(11-19-15)9-12-3-6-14(18)7-4-12/h3-8,10-11,20H,2,9H2,1H3. The zero-order valence-electron chi connectivity index (χ0n) is 12.1. The molecule has 2 aromatic rings. The topological polar surface area (TPSA) is 59.4 Å². The molecule has 1 N–H and O–H groups in total. The van der Waals surface area contributed by atoms with Crippen molar-refractivity contribution >= 4 is 12.0 Å². The van der Waals surface area contributed by atoms with Crippen molar-refractivity contribution in [3.63, 3.8) is 0 Å². The Hall–Kier alpha value is -2.69. The van der Waals surface area contributed by atoms with E-state index in [2.05, 4.69) is 9.72 Å². The summed E-state index contributed by atoms with van der Waals surface area (Å²) in [5.74, 6) is -1.53. The lowest BCUT2D eigenvalue weighted by atomic mass is 10.1. The van der Waals surface area contributed by atoms with Crippen LogP contribution in [0.4, 0.5) is 4.39 Å².